The maximum absolute atomic E-state index is 13.6. The monoisotopic (exact) mass is 546 g/mol. The van der Waals surface area contributed by atoms with Crippen molar-refractivity contribution < 1.29 is 13.2 Å². The second kappa shape index (κ2) is 9.58. The number of hydrogen-bond donors (Lipinski definition) is 0. The van der Waals surface area contributed by atoms with Crippen LogP contribution in [0.5, 0.6) is 0 Å². The third-order valence-corrected chi connectivity index (χ3v) is 8.45. The molecule has 0 saturated heterocycles. The molecule has 172 valence electrons. The first kappa shape index (κ1) is 24.0. The Morgan fingerprint density at radius 2 is 1.82 bits per heavy atom. The molecule has 0 N–H and O–H groups in total. The maximum Gasteiger partial charge on any atom is 0.243 e. The number of aryl methyl sites for hydroxylation is 1. The molecular weight excluding hydrogens is 524 g/mol. The van der Waals surface area contributed by atoms with Gasteiger partial charge in [-0.3, -0.25) is 4.79 Å². The van der Waals surface area contributed by atoms with Crippen LogP contribution in [-0.4, -0.2) is 31.2 Å². The molecule has 3 aromatic carbocycles. The molecular formula is C25H24BrClN2O3S. The molecule has 33 heavy (non-hydrogen) atoms. The van der Waals surface area contributed by atoms with Crippen molar-refractivity contribution in [2.45, 2.75) is 37.8 Å². The Morgan fingerprint density at radius 1 is 1.12 bits per heavy atom. The molecule has 1 aliphatic heterocycles. The van der Waals surface area contributed by atoms with Crippen molar-refractivity contribution in [3.8, 4) is 0 Å². The van der Waals surface area contributed by atoms with Crippen molar-refractivity contribution in [1.29, 1.82) is 0 Å². The topological polar surface area (TPSA) is 57.7 Å². The Labute approximate surface area is 208 Å². The predicted octanol–water partition coefficient (Wildman–Crippen LogP) is 5.58. The summed E-state index contributed by atoms with van der Waals surface area (Å²) in [6.07, 6.45) is 0.724. The number of nitrogens with zero attached hydrogens (tertiary/aromatic N) is 2. The summed E-state index contributed by atoms with van der Waals surface area (Å²) in [5.41, 5.74) is 3.71. The lowest BCUT2D eigenvalue weighted by molar-refractivity contribution is -0.119. The Bertz CT molecular complexity index is 1300. The van der Waals surface area contributed by atoms with Crippen molar-refractivity contribution in [3.05, 3.63) is 92.9 Å². The van der Waals surface area contributed by atoms with Crippen LogP contribution in [-0.2, 0) is 27.8 Å². The smallest absolute Gasteiger partial charge is 0.243 e. The largest absolute Gasteiger partial charge is 0.308 e. The number of sulfonamides is 1. The highest BCUT2D eigenvalue weighted by Crippen LogP contribution is 2.34. The second-order valence-electron chi connectivity index (χ2n) is 8.24. The van der Waals surface area contributed by atoms with Crippen LogP contribution in [0.2, 0.25) is 5.02 Å². The van der Waals surface area contributed by atoms with Crippen molar-refractivity contribution in [3.63, 3.8) is 0 Å². The number of amides is 1. The first-order chi connectivity index (χ1) is 15.7. The van der Waals surface area contributed by atoms with Crippen LogP contribution in [0.3, 0.4) is 0 Å². The fourth-order valence-electron chi connectivity index (χ4n) is 4.17. The summed E-state index contributed by atoms with van der Waals surface area (Å²) in [6.45, 7) is 3.74. The van der Waals surface area contributed by atoms with Gasteiger partial charge in [-0.2, -0.15) is 4.31 Å². The summed E-state index contributed by atoms with van der Waals surface area (Å²) < 4.78 is 29.4. The molecule has 1 atom stereocenters. The molecule has 8 heteroatoms. The van der Waals surface area contributed by atoms with Crippen molar-refractivity contribution in [1.82, 2.24) is 4.31 Å². The normalized spacial score (nSPS) is 15.7. The van der Waals surface area contributed by atoms with Crippen LogP contribution < -0.4 is 4.90 Å². The molecule has 1 amide bonds. The number of halogens is 2. The van der Waals surface area contributed by atoms with E-state index in [-0.39, 0.29) is 29.9 Å². The van der Waals surface area contributed by atoms with E-state index in [0.29, 0.717) is 5.02 Å². The highest BCUT2D eigenvalue weighted by Gasteiger charge is 2.35. The molecule has 0 fully saturated rings. The zero-order valence-corrected chi connectivity index (χ0v) is 21.5. The van der Waals surface area contributed by atoms with Gasteiger partial charge < -0.3 is 4.90 Å². The van der Waals surface area contributed by atoms with Gasteiger partial charge in [0.05, 0.1) is 11.4 Å². The molecule has 0 saturated carbocycles. The molecule has 3 aromatic rings. The third kappa shape index (κ3) is 5.01. The van der Waals surface area contributed by atoms with Crippen LogP contribution in [0.15, 0.2) is 76.1 Å². The molecule has 4 rings (SSSR count). The third-order valence-electron chi connectivity index (χ3n) is 5.90. The number of anilines is 1. The highest BCUT2D eigenvalue weighted by atomic mass is 79.9. The van der Waals surface area contributed by atoms with E-state index in [1.807, 2.05) is 56.3 Å². The maximum atomic E-state index is 13.6. The molecule has 0 bridgehead atoms. The van der Waals surface area contributed by atoms with E-state index in [4.69, 9.17) is 11.6 Å². The SMILES string of the molecule is Cc1ccccc1CN(CC(=O)N1c2ccc(Br)cc2C[C@H]1C)S(=O)(=O)c1ccc(Cl)cc1. The van der Waals surface area contributed by atoms with Crippen LogP contribution in [0.4, 0.5) is 5.69 Å². The quantitative estimate of drug-likeness (QED) is 0.405. The van der Waals surface area contributed by atoms with Crippen LogP contribution in [0.25, 0.3) is 0 Å². The molecule has 5 nitrogen and oxygen atoms in total. The number of carbonyl (C=O) groups is 1. The van der Waals surface area contributed by atoms with Crippen LogP contribution in [0.1, 0.15) is 23.6 Å². The minimum Gasteiger partial charge on any atom is -0.308 e. The van der Waals surface area contributed by atoms with Crippen LogP contribution in [0, 0.1) is 6.92 Å². The first-order valence-corrected chi connectivity index (χ1v) is 13.2. The average Bonchev–Trinajstić information content (AvgIpc) is 3.09. The summed E-state index contributed by atoms with van der Waals surface area (Å²) >= 11 is 9.45. The van der Waals surface area contributed by atoms with Gasteiger partial charge in [-0.15, -0.1) is 0 Å². The van der Waals surface area contributed by atoms with E-state index in [9.17, 15) is 13.2 Å². The number of rotatable bonds is 6. The summed E-state index contributed by atoms with van der Waals surface area (Å²) in [4.78, 5) is 15.3. The van der Waals surface area contributed by atoms with Crippen molar-refractivity contribution in [2.24, 2.45) is 0 Å². The summed E-state index contributed by atoms with van der Waals surface area (Å²) in [7, 11) is -3.94. The van der Waals surface area contributed by atoms with Gasteiger partial charge in [0.1, 0.15) is 0 Å². The molecule has 0 aliphatic carbocycles. The zero-order valence-electron chi connectivity index (χ0n) is 18.3. The average molecular weight is 548 g/mol. The summed E-state index contributed by atoms with van der Waals surface area (Å²) in [5.74, 6) is -0.255. The van der Waals surface area contributed by atoms with Gasteiger partial charge in [0.2, 0.25) is 15.9 Å². The van der Waals surface area contributed by atoms with Gasteiger partial charge in [-0.05, 0) is 79.4 Å². The number of benzene rings is 3. The minimum atomic E-state index is -3.94. The lowest BCUT2D eigenvalue weighted by Gasteiger charge is -2.28. The van der Waals surface area contributed by atoms with E-state index >= 15 is 0 Å². The molecule has 1 heterocycles. The Balaban J connectivity index is 1.69. The molecule has 0 spiro atoms. The van der Waals surface area contributed by atoms with E-state index in [1.165, 1.54) is 16.4 Å². The molecule has 0 radical (unpaired) electrons. The van der Waals surface area contributed by atoms with E-state index in [0.717, 1.165) is 33.3 Å². The van der Waals surface area contributed by atoms with Gasteiger partial charge in [0, 0.05) is 27.8 Å². The van der Waals surface area contributed by atoms with E-state index < -0.39 is 10.0 Å². The van der Waals surface area contributed by atoms with Gasteiger partial charge in [0.15, 0.2) is 0 Å². The van der Waals surface area contributed by atoms with E-state index in [1.54, 1.807) is 17.0 Å². The van der Waals surface area contributed by atoms with Gasteiger partial charge in [-0.1, -0.05) is 51.8 Å². The highest BCUT2D eigenvalue weighted by molar-refractivity contribution is 9.10. The molecule has 1 aliphatic rings. The van der Waals surface area contributed by atoms with Crippen molar-refractivity contribution in [2.75, 3.05) is 11.4 Å². The zero-order chi connectivity index (χ0) is 23.8. The van der Waals surface area contributed by atoms with Gasteiger partial charge in [0.25, 0.3) is 0 Å². The fourth-order valence-corrected chi connectivity index (χ4v) is 6.07. The van der Waals surface area contributed by atoms with E-state index in [2.05, 4.69) is 15.9 Å². The lowest BCUT2D eigenvalue weighted by atomic mass is 10.1. The van der Waals surface area contributed by atoms with Gasteiger partial charge >= 0.3 is 0 Å². The number of carbonyl (C=O) groups excluding carboxylic acids is 1. The summed E-state index contributed by atoms with van der Waals surface area (Å²) in [6, 6.07) is 19.4. The Kier molecular flexibility index (Phi) is 6.96. The fraction of sp³-hybridized carbons (Fsp3) is 0.240. The molecule has 0 aromatic heterocycles. The minimum absolute atomic E-state index is 0.0552. The van der Waals surface area contributed by atoms with Crippen LogP contribution >= 0.6 is 27.5 Å². The summed E-state index contributed by atoms with van der Waals surface area (Å²) in [5, 5.41) is 0.448. The van der Waals surface area contributed by atoms with Crippen molar-refractivity contribution >= 4 is 49.1 Å². The second-order valence-corrected chi connectivity index (χ2v) is 11.5. The standard InChI is InChI=1S/C25H24BrClN2O3S/c1-17-5-3-4-6-19(17)15-28(33(31,32)23-10-8-22(27)9-11-23)16-25(30)29-18(2)13-20-14-21(26)7-12-24(20)29/h3-12,14,18H,13,15-16H2,1-2H3/t18-/m1/s1. The molecule has 0 unspecified atom stereocenters. The number of hydrogen-bond acceptors (Lipinski definition) is 3. The predicted molar refractivity (Wildman–Crippen MR) is 135 cm³/mol. The van der Waals surface area contributed by atoms with Gasteiger partial charge in [-0.25, -0.2) is 8.42 Å². The number of fused-ring (bicyclic) bond motifs is 1. The Hall–Kier alpha value is -2.19. The Morgan fingerprint density at radius 3 is 2.52 bits per heavy atom. The first-order valence-electron chi connectivity index (χ1n) is 10.6. The lowest BCUT2D eigenvalue weighted by Crippen LogP contribution is -2.44.